The first-order valence-electron chi connectivity index (χ1n) is 15.4. The van der Waals surface area contributed by atoms with Crippen LogP contribution in [0, 0.1) is 0 Å². The lowest BCUT2D eigenvalue weighted by Gasteiger charge is -2.19. The first kappa shape index (κ1) is 25.5. The molecule has 2 heteroatoms. The second-order valence-electron chi connectivity index (χ2n) is 11.6. The average molecular weight is 573 g/mol. The van der Waals surface area contributed by atoms with Gasteiger partial charge in [-0.3, -0.25) is 0 Å². The standard InChI is InChI=1S/C43H28N2/c1-2-11-29(12-3-1)33-25-26-45-28-40(44-41(45)27-33)31-21-23-32(24-22-31)42-36-16-6-8-18-38(36)43(39-19-9-7-17-37(39)42)35-20-10-14-30-13-4-5-15-34(30)35/h1-28H. The Labute approximate surface area is 261 Å². The molecule has 0 aliphatic rings. The summed E-state index contributed by atoms with van der Waals surface area (Å²) in [5.74, 6) is 0. The number of imidazole rings is 1. The molecule has 2 nitrogen and oxygen atoms in total. The largest absolute Gasteiger partial charge is 0.306 e. The summed E-state index contributed by atoms with van der Waals surface area (Å²) in [6.45, 7) is 0. The lowest BCUT2D eigenvalue weighted by atomic mass is 9.84. The van der Waals surface area contributed by atoms with Gasteiger partial charge in [-0.25, -0.2) is 4.98 Å². The van der Waals surface area contributed by atoms with E-state index in [0.29, 0.717) is 0 Å². The van der Waals surface area contributed by atoms with Crippen molar-refractivity contribution in [2.75, 3.05) is 0 Å². The Balaban J connectivity index is 1.19. The minimum absolute atomic E-state index is 0.941. The van der Waals surface area contributed by atoms with Crippen LogP contribution in [-0.4, -0.2) is 9.38 Å². The molecule has 0 aliphatic heterocycles. The van der Waals surface area contributed by atoms with E-state index in [1.54, 1.807) is 0 Å². The molecule has 210 valence electrons. The highest BCUT2D eigenvalue weighted by Crippen LogP contribution is 2.45. The van der Waals surface area contributed by atoms with Crippen molar-refractivity contribution < 1.29 is 0 Å². The fraction of sp³-hybridized carbons (Fsp3) is 0. The van der Waals surface area contributed by atoms with Crippen LogP contribution in [-0.2, 0) is 0 Å². The van der Waals surface area contributed by atoms with Crippen LogP contribution in [0.25, 0.3) is 82.6 Å². The van der Waals surface area contributed by atoms with Crippen LogP contribution in [0.1, 0.15) is 0 Å². The van der Waals surface area contributed by atoms with Crippen molar-refractivity contribution in [1.82, 2.24) is 9.38 Å². The van der Waals surface area contributed by atoms with E-state index in [0.717, 1.165) is 16.9 Å². The third kappa shape index (κ3) is 4.22. The zero-order chi connectivity index (χ0) is 29.7. The van der Waals surface area contributed by atoms with Crippen LogP contribution in [0.5, 0.6) is 0 Å². The number of hydrogen-bond donors (Lipinski definition) is 0. The van der Waals surface area contributed by atoms with Crippen LogP contribution >= 0.6 is 0 Å². The summed E-state index contributed by atoms with van der Waals surface area (Å²) in [7, 11) is 0. The Morgan fingerprint density at radius 2 is 0.978 bits per heavy atom. The number of nitrogens with zero attached hydrogens (tertiary/aromatic N) is 2. The van der Waals surface area contributed by atoms with Gasteiger partial charge in [0.05, 0.1) is 5.69 Å². The van der Waals surface area contributed by atoms with Gasteiger partial charge in [0.1, 0.15) is 5.65 Å². The maximum Gasteiger partial charge on any atom is 0.138 e. The molecule has 0 saturated heterocycles. The van der Waals surface area contributed by atoms with E-state index < -0.39 is 0 Å². The minimum Gasteiger partial charge on any atom is -0.306 e. The van der Waals surface area contributed by atoms with E-state index in [2.05, 4.69) is 168 Å². The lowest BCUT2D eigenvalue weighted by Crippen LogP contribution is -1.91. The van der Waals surface area contributed by atoms with Crippen LogP contribution in [0.3, 0.4) is 0 Å². The zero-order valence-corrected chi connectivity index (χ0v) is 24.6. The van der Waals surface area contributed by atoms with Gasteiger partial charge in [-0.05, 0) is 77.8 Å². The fourth-order valence-electron chi connectivity index (χ4n) is 6.91. The third-order valence-electron chi connectivity index (χ3n) is 9.03. The number of pyridine rings is 1. The molecule has 0 amide bonds. The predicted octanol–water partition coefficient (Wildman–Crippen LogP) is 11.5. The number of fused-ring (bicyclic) bond motifs is 4. The maximum atomic E-state index is 5.00. The van der Waals surface area contributed by atoms with Gasteiger partial charge >= 0.3 is 0 Å². The summed E-state index contributed by atoms with van der Waals surface area (Å²) in [5.41, 5.74) is 10.4. The molecule has 0 radical (unpaired) electrons. The highest BCUT2D eigenvalue weighted by atomic mass is 15.0. The number of hydrogen-bond acceptors (Lipinski definition) is 1. The van der Waals surface area contributed by atoms with Crippen LogP contribution in [0.2, 0.25) is 0 Å². The molecule has 2 aromatic heterocycles. The fourth-order valence-corrected chi connectivity index (χ4v) is 6.91. The maximum absolute atomic E-state index is 5.00. The molecule has 0 unspecified atom stereocenters. The van der Waals surface area contributed by atoms with Crippen molar-refractivity contribution in [3.8, 4) is 44.6 Å². The van der Waals surface area contributed by atoms with Gasteiger partial charge < -0.3 is 4.40 Å². The molecule has 2 heterocycles. The highest BCUT2D eigenvalue weighted by molar-refractivity contribution is 6.23. The van der Waals surface area contributed by atoms with Crippen molar-refractivity contribution in [3.05, 3.63) is 170 Å². The second-order valence-corrected chi connectivity index (χ2v) is 11.6. The topological polar surface area (TPSA) is 17.3 Å². The predicted molar refractivity (Wildman–Crippen MR) is 189 cm³/mol. The highest BCUT2D eigenvalue weighted by Gasteiger charge is 2.18. The Morgan fingerprint density at radius 1 is 0.400 bits per heavy atom. The van der Waals surface area contributed by atoms with Gasteiger partial charge in [-0.1, -0.05) is 146 Å². The number of rotatable bonds is 4. The van der Waals surface area contributed by atoms with Gasteiger partial charge in [0.25, 0.3) is 0 Å². The first-order chi connectivity index (χ1) is 22.3. The van der Waals surface area contributed by atoms with Crippen molar-refractivity contribution in [2.45, 2.75) is 0 Å². The summed E-state index contributed by atoms with van der Waals surface area (Å²) in [6.07, 6.45) is 4.21. The average Bonchev–Trinajstić information content (AvgIpc) is 3.55. The van der Waals surface area contributed by atoms with Crippen molar-refractivity contribution in [2.24, 2.45) is 0 Å². The molecular formula is C43H28N2. The van der Waals surface area contributed by atoms with E-state index in [9.17, 15) is 0 Å². The first-order valence-corrected chi connectivity index (χ1v) is 15.4. The van der Waals surface area contributed by atoms with Crippen LogP contribution in [0.15, 0.2) is 170 Å². The summed E-state index contributed by atoms with van der Waals surface area (Å²) in [6, 6.07) is 56.7. The normalized spacial score (nSPS) is 11.6. The van der Waals surface area contributed by atoms with E-state index in [4.69, 9.17) is 4.98 Å². The Bertz CT molecular complexity index is 2460. The monoisotopic (exact) mass is 572 g/mol. The zero-order valence-electron chi connectivity index (χ0n) is 24.6. The molecule has 0 spiro atoms. The molecular weight excluding hydrogens is 544 g/mol. The molecule has 0 atom stereocenters. The third-order valence-corrected chi connectivity index (χ3v) is 9.03. The van der Waals surface area contributed by atoms with Crippen LogP contribution < -0.4 is 0 Å². The van der Waals surface area contributed by atoms with Gasteiger partial charge in [-0.15, -0.1) is 0 Å². The van der Waals surface area contributed by atoms with Crippen molar-refractivity contribution in [1.29, 1.82) is 0 Å². The summed E-state index contributed by atoms with van der Waals surface area (Å²) in [4.78, 5) is 5.00. The van der Waals surface area contributed by atoms with Gasteiger partial charge in [-0.2, -0.15) is 0 Å². The SMILES string of the molecule is c1ccc(-c2ccn3cc(-c4ccc(-c5c6ccccc6c(-c6cccc7ccccc67)c6ccccc56)cc4)nc3c2)cc1. The lowest BCUT2D eigenvalue weighted by molar-refractivity contribution is 1.19. The molecule has 9 rings (SSSR count). The Morgan fingerprint density at radius 3 is 1.69 bits per heavy atom. The van der Waals surface area contributed by atoms with Crippen molar-refractivity contribution in [3.63, 3.8) is 0 Å². The Kier molecular flexibility index (Phi) is 5.85. The molecule has 0 N–H and O–H groups in total. The van der Waals surface area contributed by atoms with E-state index in [-0.39, 0.29) is 0 Å². The molecule has 7 aromatic carbocycles. The summed E-state index contributed by atoms with van der Waals surface area (Å²) < 4.78 is 2.10. The van der Waals surface area contributed by atoms with Gasteiger partial charge in [0.15, 0.2) is 0 Å². The molecule has 0 aliphatic carbocycles. The minimum atomic E-state index is 0.941. The molecule has 9 aromatic rings. The quantitative estimate of drug-likeness (QED) is 0.192. The molecule has 0 fully saturated rings. The van der Waals surface area contributed by atoms with Gasteiger partial charge in [0, 0.05) is 18.0 Å². The second kappa shape index (κ2) is 10.3. The van der Waals surface area contributed by atoms with Crippen LogP contribution in [0.4, 0.5) is 0 Å². The van der Waals surface area contributed by atoms with E-state index in [1.165, 1.54) is 65.7 Å². The molecule has 0 saturated carbocycles. The smallest absolute Gasteiger partial charge is 0.138 e. The van der Waals surface area contributed by atoms with E-state index >= 15 is 0 Å². The molecule has 0 bridgehead atoms. The van der Waals surface area contributed by atoms with E-state index in [1.807, 2.05) is 6.07 Å². The van der Waals surface area contributed by atoms with Gasteiger partial charge in [0.2, 0.25) is 0 Å². The molecule has 45 heavy (non-hydrogen) atoms. The number of aromatic nitrogens is 2. The Hall–Kier alpha value is -5.99. The summed E-state index contributed by atoms with van der Waals surface area (Å²) >= 11 is 0. The number of benzene rings is 7. The van der Waals surface area contributed by atoms with Crippen molar-refractivity contribution >= 4 is 38.0 Å². The summed E-state index contributed by atoms with van der Waals surface area (Å²) in [5, 5.41) is 7.57.